The second-order valence-corrected chi connectivity index (χ2v) is 5.61. The van der Waals surface area contributed by atoms with Crippen molar-refractivity contribution in [2.24, 2.45) is 0 Å². The molecule has 0 aliphatic carbocycles. The fraction of sp³-hybridized carbons (Fsp3) is 0.143. The molecule has 0 saturated heterocycles. The molecule has 2 rings (SSSR count). The van der Waals surface area contributed by atoms with Gasteiger partial charge < -0.3 is 10.4 Å². The summed E-state index contributed by atoms with van der Waals surface area (Å²) in [6, 6.07) is 3.55. The van der Waals surface area contributed by atoms with Crippen LogP contribution in [0.4, 0.5) is 0 Å². The summed E-state index contributed by atoms with van der Waals surface area (Å²) in [6.07, 6.45) is 3.05. The van der Waals surface area contributed by atoms with Crippen molar-refractivity contribution < 1.29 is 9.90 Å². The zero-order chi connectivity index (χ0) is 14.4. The highest BCUT2D eigenvalue weighted by molar-refractivity contribution is 9.10. The van der Waals surface area contributed by atoms with Gasteiger partial charge in [-0.05, 0) is 33.4 Å². The molecule has 1 amide bonds. The molecule has 0 aliphatic heterocycles. The van der Waals surface area contributed by atoms with Crippen LogP contribution in [0, 0.1) is 11.8 Å². The van der Waals surface area contributed by atoms with E-state index < -0.39 is 0 Å². The average Bonchev–Trinajstić information content (AvgIpc) is 2.88. The number of aliphatic hydroxyl groups is 1. The molecule has 2 N–H and O–H groups in total. The van der Waals surface area contributed by atoms with Gasteiger partial charge in [0.15, 0.2) is 0 Å². The van der Waals surface area contributed by atoms with E-state index in [1.807, 2.05) is 11.4 Å². The van der Waals surface area contributed by atoms with Crippen LogP contribution in [0.1, 0.15) is 20.8 Å². The molecule has 2 aromatic heterocycles. The summed E-state index contributed by atoms with van der Waals surface area (Å²) in [5, 5.41) is 13.5. The first kappa shape index (κ1) is 14.7. The van der Waals surface area contributed by atoms with Crippen LogP contribution in [-0.2, 0) is 6.54 Å². The van der Waals surface area contributed by atoms with Crippen molar-refractivity contribution in [2.75, 3.05) is 6.61 Å². The second-order valence-electron chi connectivity index (χ2n) is 3.76. The number of thiophene rings is 1. The van der Waals surface area contributed by atoms with E-state index in [9.17, 15) is 4.79 Å². The van der Waals surface area contributed by atoms with Gasteiger partial charge in [0.25, 0.3) is 5.91 Å². The lowest BCUT2D eigenvalue weighted by atomic mass is 10.1. The summed E-state index contributed by atoms with van der Waals surface area (Å²) in [7, 11) is 0. The first-order valence-corrected chi connectivity index (χ1v) is 7.43. The summed E-state index contributed by atoms with van der Waals surface area (Å²) in [5.41, 5.74) is 0.956. The van der Waals surface area contributed by atoms with E-state index in [-0.39, 0.29) is 12.5 Å². The van der Waals surface area contributed by atoms with Gasteiger partial charge in [-0.15, -0.1) is 11.3 Å². The molecule has 0 radical (unpaired) electrons. The summed E-state index contributed by atoms with van der Waals surface area (Å²) in [6.45, 7) is 0.199. The highest BCUT2D eigenvalue weighted by atomic mass is 79.9. The highest BCUT2D eigenvalue weighted by Crippen LogP contribution is 2.22. The molecule has 6 heteroatoms. The Labute approximate surface area is 129 Å². The Bertz CT molecular complexity index is 673. The molecule has 0 aliphatic rings. The van der Waals surface area contributed by atoms with Crippen molar-refractivity contribution in [3.05, 3.63) is 50.4 Å². The molecule has 0 saturated carbocycles. The first-order chi connectivity index (χ1) is 9.72. The molecule has 20 heavy (non-hydrogen) atoms. The Morgan fingerprint density at radius 2 is 2.35 bits per heavy atom. The lowest BCUT2D eigenvalue weighted by Gasteiger charge is -2.06. The maximum absolute atomic E-state index is 12.2. The summed E-state index contributed by atoms with van der Waals surface area (Å²) in [4.78, 5) is 17.1. The minimum Gasteiger partial charge on any atom is -0.384 e. The Morgan fingerprint density at radius 3 is 3.05 bits per heavy atom. The summed E-state index contributed by atoms with van der Waals surface area (Å²) < 4.78 is 0.984. The summed E-state index contributed by atoms with van der Waals surface area (Å²) >= 11 is 4.99. The molecule has 2 heterocycles. The minimum absolute atomic E-state index is 0.213. The van der Waals surface area contributed by atoms with Crippen LogP contribution in [0.2, 0.25) is 0 Å². The van der Waals surface area contributed by atoms with Gasteiger partial charge in [0.2, 0.25) is 0 Å². The Kier molecular flexibility index (Phi) is 5.30. The van der Waals surface area contributed by atoms with Gasteiger partial charge in [-0.25, -0.2) is 0 Å². The third-order valence-corrected chi connectivity index (χ3v) is 4.39. The predicted molar refractivity (Wildman–Crippen MR) is 81.4 cm³/mol. The molecular formula is C14H11BrN2O2S. The fourth-order valence-corrected chi connectivity index (χ4v) is 2.97. The molecule has 0 atom stereocenters. The van der Waals surface area contributed by atoms with Gasteiger partial charge >= 0.3 is 0 Å². The van der Waals surface area contributed by atoms with Gasteiger partial charge in [-0.1, -0.05) is 11.8 Å². The maximum atomic E-state index is 12.2. The van der Waals surface area contributed by atoms with Crippen molar-refractivity contribution in [3.8, 4) is 11.8 Å². The number of carbonyl (C=O) groups is 1. The number of rotatable bonds is 3. The van der Waals surface area contributed by atoms with E-state index >= 15 is 0 Å². The molecule has 0 fully saturated rings. The minimum atomic E-state index is -0.252. The van der Waals surface area contributed by atoms with Gasteiger partial charge in [0.1, 0.15) is 6.61 Å². The third kappa shape index (κ3) is 3.67. The Hall–Kier alpha value is -1.68. The maximum Gasteiger partial charge on any atom is 0.252 e. The quantitative estimate of drug-likeness (QED) is 0.834. The monoisotopic (exact) mass is 350 g/mol. The van der Waals surface area contributed by atoms with Gasteiger partial charge in [0, 0.05) is 21.7 Å². The van der Waals surface area contributed by atoms with Crippen LogP contribution in [-0.4, -0.2) is 22.6 Å². The van der Waals surface area contributed by atoms with Crippen LogP contribution in [0.15, 0.2) is 34.4 Å². The van der Waals surface area contributed by atoms with Crippen molar-refractivity contribution in [1.82, 2.24) is 10.3 Å². The number of hydrogen-bond acceptors (Lipinski definition) is 4. The van der Waals surface area contributed by atoms with Crippen LogP contribution >= 0.6 is 27.3 Å². The van der Waals surface area contributed by atoms with Crippen LogP contribution < -0.4 is 5.32 Å². The summed E-state index contributed by atoms with van der Waals surface area (Å²) in [5.74, 6) is 5.02. The van der Waals surface area contributed by atoms with Crippen molar-refractivity contribution in [2.45, 2.75) is 6.54 Å². The first-order valence-electron chi connectivity index (χ1n) is 5.76. The van der Waals surface area contributed by atoms with Gasteiger partial charge in [0.05, 0.1) is 17.7 Å². The standard InChI is InChI=1S/C14H11BrN2O2S/c15-12-4-7-20-13(12)9-17-14(19)11-3-5-16-8-10(11)2-1-6-18/h3-5,7-8,18H,6,9H2,(H,17,19). The normalized spacial score (nSPS) is 9.70. The number of nitrogens with zero attached hydrogens (tertiary/aromatic N) is 1. The number of halogens is 1. The lowest BCUT2D eigenvalue weighted by molar-refractivity contribution is 0.0951. The van der Waals surface area contributed by atoms with E-state index in [0.717, 1.165) is 9.35 Å². The molecular weight excluding hydrogens is 340 g/mol. The number of carbonyl (C=O) groups excluding carboxylic acids is 1. The third-order valence-electron chi connectivity index (χ3n) is 2.47. The Morgan fingerprint density at radius 1 is 1.50 bits per heavy atom. The molecule has 0 bridgehead atoms. The zero-order valence-corrected chi connectivity index (χ0v) is 12.8. The van der Waals surface area contributed by atoms with Gasteiger partial charge in [-0.2, -0.15) is 0 Å². The molecule has 0 aromatic carbocycles. The topological polar surface area (TPSA) is 62.2 Å². The molecule has 0 unspecified atom stereocenters. The number of nitrogens with one attached hydrogen (secondary N) is 1. The van der Waals surface area contributed by atoms with Gasteiger partial charge in [-0.3, -0.25) is 9.78 Å². The average molecular weight is 351 g/mol. The van der Waals surface area contributed by atoms with E-state index in [2.05, 4.69) is 38.1 Å². The van der Waals surface area contributed by atoms with Crippen molar-refractivity contribution in [3.63, 3.8) is 0 Å². The molecule has 2 aromatic rings. The van der Waals surface area contributed by atoms with Crippen LogP contribution in [0.3, 0.4) is 0 Å². The smallest absolute Gasteiger partial charge is 0.252 e. The number of amides is 1. The van der Waals surface area contributed by atoms with E-state index in [1.54, 1.807) is 23.6 Å². The fourth-order valence-electron chi connectivity index (χ4n) is 1.53. The molecule has 0 spiro atoms. The molecule has 102 valence electrons. The van der Waals surface area contributed by atoms with E-state index in [0.29, 0.717) is 17.7 Å². The highest BCUT2D eigenvalue weighted by Gasteiger charge is 2.10. The van der Waals surface area contributed by atoms with E-state index in [1.165, 1.54) is 6.20 Å². The predicted octanol–water partition coefficient (Wildman–Crippen LogP) is 2.18. The molecule has 4 nitrogen and oxygen atoms in total. The van der Waals surface area contributed by atoms with Crippen LogP contribution in [0.5, 0.6) is 0 Å². The van der Waals surface area contributed by atoms with Crippen LogP contribution in [0.25, 0.3) is 0 Å². The number of aromatic nitrogens is 1. The second kappa shape index (κ2) is 7.20. The van der Waals surface area contributed by atoms with Crippen molar-refractivity contribution >= 4 is 33.2 Å². The SMILES string of the molecule is O=C(NCc1sccc1Br)c1ccncc1C#CCO. The largest absolute Gasteiger partial charge is 0.384 e. The Balaban J connectivity index is 2.11. The zero-order valence-electron chi connectivity index (χ0n) is 10.4. The number of hydrogen-bond donors (Lipinski definition) is 2. The number of pyridine rings is 1. The van der Waals surface area contributed by atoms with Crippen molar-refractivity contribution in [1.29, 1.82) is 0 Å². The van der Waals surface area contributed by atoms with E-state index in [4.69, 9.17) is 5.11 Å². The number of aliphatic hydroxyl groups excluding tert-OH is 1. The lowest BCUT2D eigenvalue weighted by Crippen LogP contribution is -2.23.